The van der Waals surface area contributed by atoms with E-state index in [0.717, 1.165) is 29.5 Å². The number of amides is 1. The zero-order valence-corrected chi connectivity index (χ0v) is 14.0. The third-order valence-electron chi connectivity index (χ3n) is 5.92. The second-order valence-corrected chi connectivity index (χ2v) is 8.10. The van der Waals surface area contributed by atoms with Gasteiger partial charge in [-0.2, -0.15) is 5.10 Å². The molecule has 5 nitrogen and oxygen atoms in total. The van der Waals surface area contributed by atoms with E-state index in [1.54, 1.807) is 12.4 Å². The molecule has 0 spiro atoms. The maximum absolute atomic E-state index is 12.1. The molecule has 1 aromatic rings. The average molecular weight is 314 g/mol. The van der Waals surface area contributed by atoms with E-state index in [2.05, 4.69) is 20.5 Å². The van der Waals surface area contributed by atoms with Crippen LogP contribution in [0.25, 0.3) is 0 Å². The molecular weight excluding hydrogens is 288 g/mol. The number of hydrogen-bond acceptors (Lipinski definition) is 3. The molecular formula is C18H26N4O. The van der Waals surface area contributed by atoms with Crippen LogP contribution < -0.4 is 5.43 Å². The van der Waals surface area contributed by atoms with Crippen molar-refractivity contribution in [1.29, 1.82) is 0 Å². The molecule has 0 aliphatic heterocycles. The van der Waals surface area contributed by atoms with Gasteiger partial charge in [-0.1, -0.05) is 13.8 Å². The van der Waals surface area contributed by atoms with Gasteiger partial charge in [-0.25, -0.2) is 10.4 Å². The van der Waals surface area contributed by atoms with Crippen molar-refractivity contribution in [2.75, 3.05) is 0 Å². The Hall–Kier alpha value is -1.65. The first-order valence-corrected chi connectivity index (χ1v) is 8.98. The van der Waals surface area contributed by atoms with Gasteiger partial charge < -0.3 is 4.98 Å². The minimum atomic E-state index is -0.204. The molecule has 23 heavy (non-hydrogen) atoms. The van der Waals surface area contributed by atoms with Crippen LogP contribution in [0.3, 0.4) is 0 Å². The molecule has 4 saturated carbocycles. The number of carbonyl (C=O) groups excluding carboxylic acids is 1. The summed E-state index contributed by atoms with van der Waals surface area (Å²) in [4.78, 5) is 20.0. The van der Waals surface area contributed by atoms with Crippen LogP contribution in [0.15, 0.2) is 11.3 Å². The Bertz CT molecular complexity index is 590. The number of hydrogen-bond donors (Lipinski definition) is 2. The summed E-state index contributed by atoms with van der Waals surface area (Å²) >= 11 is 0. The molecule has 124 valence electrons. The van der Waals surface area contributed by atoms with Gasteiger partial charge in [-0.05, 0) is 61.7 Å². The summed E-state index contributed by atoms with van der Waals surface area (Å²) in [6.07, 6.45) is 10.3. The quantitative estimate of drug-likeness (QED) is 0.661. The van der Waals surface area contributed by atoms with E-state index in [4.69, 9.17) is 0 Å². The van der Waals surface area contributed by atoms with Crippen molar-refractivity contribution in [3.63, 3.8) is 0 Å². The van der Waals surface area contributed by atoms with Gasteiger partial charge in [0.25, 0.3) is 5.91 Å². The topological polar surface area (TPSA) is 70.1 Å². The zero-order valence-electron chi connectivity index (χ0n) is 14.0. The van der Waals surface area contributed by atoms with Gasteiger partial charge in [0.1, 0.15) is 11.5 Å². The number of carbonyl (C=O) groups is 1. The molecule has 4 fully saturated rings. The maximum Gasteiger partial charge on any atom is 0.289 e. The van der Waals surface area contributed by atoms with Gasteiger partial charge in [0.05, 0.1) is 6.20 Å². The van der Waals surface area contributed by atoms with Crippen molar-refractivity contribution in [2.24, 2.45) is 34.7 Å². The first kappa shape index (κ1) is 14.9. The third kappa shape index (κ3) is 2.81. The fourth-order valence-electron chi connectivity index (χ4n) is 5.30. The number of hydrazone groups is 1. The average Bonchev–Trinajstić information content (AvgIpc) is 2.95. The highest BCUT2D eigenvalue weighted by Gasteiger charge is 2.49. The van der Waals surface area contributed by atoms with E-state index in [1.165, 1.54) is 32.1 Å². The lowest BCUT2D eigenvalue weighted by Gasteiger charge is -2.53. The molecule has 2 N–H and O–H groups in total. The highest BCUT2D eigenvalue weighted by molar-refractivity contribution is 5.92. The SMILES string of the molecule is CC(C)/C=N/NC(=O)c1cnc(C2C3CC4CC(C3)CC2C4)[nH]1. The monoisotopic (exact) mass is 314 g/mol. The van der Waals surface area contributed by atoms with Gasteiger partial charge in [0.2, 0.25) is 0 Å². The number of nitrogens with zero attached hydrogens (tertiary/aromatic N) is 2. The summed E-state index contributed by atoms with van der Waals surface area (Å²) in [6.45, 7) is 4.05. The lowest BCUT2D eigenvalue weighted by Crippen LogP contribution is -2.44. The van der Waals surface area contributed by atoms with Gasteiger partial charge in [-0.15, -0.1) is 0 Å². The number of imidazole rings is 1. The van der Waals surface area contributed by atoms with Crippen LogP contribution in [-0.4, -0.2) is 22.1 Å². The van der Waals surface area contributed by atoms with Crippen LogP contribution in [0, 0.1) is 29.6 Å². The molecule has 0 atom stereocenters. The molecule has 1 aromatic heterocycles. The smallest absolute Gasteiger partial charge is 0.289 e. The second-order valence-electron chi connectivity index (χ2n) is 8.10. The molecule has 0 aromatic carbocycles. The number of nitrogens with one attached hydrogen (secondary N) is 2. The molecule has 5 rings (SSSR count). The number of H-pyrrole nitrogens is 1. The predicted molar refractivity (Wildman–Crippen MR) is 89.2 cm³/mol. The van der Waals surface area contributed by atoms with Crippen molar-refractivity contribution >= 4 is 12.1 Å². The number of aromatic nitrogens is 2. The first-order chi connectivity index (χ1) is 11.1. The lowest BCUT2D eigenvalue weighted by molar-refractivity contribution is -0.00541. The summed E-state index contributed by atoms with van der Waals surface area (Å²) in [6, 6.07) is 0. The fourth-order valence-corrected chi connectivity index (χ4v) is 5.30. The first-order valence-electron chi connectivity index (χ1n) is 8.98. The van der Waals surface area contributed by atoms with Crippen LogP contribution in [0.4, 0.5) is 0 Å². The molecule has 4 aliphatic rings. The summed E-state index contributed by atoms with van der Waals surface area (Å²) in [5.74, 6) is 5.12. The highest BCUT2D eigenvalue weighted by Crippen LogP contribution is 2.59. The summed E-state index contributed by atoms with van der Waals surface area (Å²) in [5, 5.41) is 3.97. The Balaban J connectivity index is 1.47. The molecule has 4 aliphatic carbocycles. The van der Waals surface area contributed by atoms with Crippen molar-refractivity contribution < 1.29 is 4.79 Å². The molecule has 0 saturated heterocycles. The summed E-state index contributed by atoms with van der Waals surface area (Å²) < 4.78 is 0. The van der Waals surface area contributed by atoms with Gasteiger partial charge in [0.15, 0.2) is 0 Å². The Morgan fingerprint density at radius 2 is 1.91 bits per heavy atom. The predicted octanol–water partition coefficient (Wildman–Crippen LogP) is 3.32. The van der Waals surface area contributed by atoms with Gasteiger partial charge in [0, 0.05) is 12.1 Å². The normalized spacial score (nSPS) is 35.3. The number of aromatic amines is 1. The van der Waals surface area contributed by atoms with Crippen LogP contribution in [0.5, 0.6) is 0 Å². The Morgan fingerprint density at radius 3 is 2.52 bits per heavy atom. The lowest BCUT2D eigenvalue weighted by atomic mass is 9.52. The molecule has 1 amide bonds. The Labute approximate surface area is 137 Å². The minimum absolute atomic E-state index is 0.204. The molecule has 0 radical (unpaired) electrons. The fraction of sp³-hybridized carbons (Fsp3) is 0.722. The van der Waals surface area contributed by atoms with E-state index in [9.17, 15) is 4.79 Å². The largest absolute Gasteiger partial charge is 0.338 e. The van der Waals surface area contributed by atoms with E-state index < -0.39 is 0 Å². The van der Waals surface area contributed by atoms with Crippen LogP contribution in [-0.2, 0) is 0 Å². The minimum Gasteiger partial charge on any atom is -0.338 e. The molecule has 1 heterocycles. The molecule has 5 heteroatoms. The maximum atomic E-state index is 12.1. The van der Waals surface area contributed by atoms with Gasteiger partial charge in [-0.3, -0.25) is 4.79 Å². The van der Waals surface area contributed by atoms with Crippen LogP contribution in [0.2, 0.25) is 0 Å². The molecule has 0 unspecified atom stereocenters. The van der Waals surface area contributed by atoms with E-state index in [0.29, 0.717) is 17.5 Å². The van der Waals surface area contributed by atoms with E-state index in [-0.39, 0.29) is 5.91 Å². The Kier molecular flexibility index (Phi) is 3.74. The van der Waals surface area contributed by atoms with Crippen molar-refractivity contribution in [1.82, 2.24) is 15.4 Å². The van der Waals surface area contributed by atoms with Crippen molar-refractivity contribution in [3.05, 3.63) is 17.7 Å². The van der Waals surface area contributed by atoms with Crippen LogP contribution >= 0.6 is 0 Å². The summed E-state index contributed by atoms with van der Waals surface area (Å²) in [5.41, 5.74) is 3.09. The van der Waals surface area contributed by atoms with Crippen LogP contribution in [0.1, 0.15) is 68.2 Å². The summed E-state index contributed by atoms with van der Waals surface area (Å²) in [7, 11) is 0. The second kappa shape index (κ2) is 5.77. The highest BCUT2D eigenvalue weighted by atomic mass is 16.2. The zero-order chi connectivity index (χ0) is 16.0. The van der Waals surface area contributed by atoms with E-state index in [1.807, 2.05) is 13.8 Å². The van der Waals surface area contributed by atoms with Gasteiger partial charge >= 0.3 is 0 Å². The Morgan fingerprint density at radius 1 is 1.26 bits per heavy atom. The van der Waals surface area contributed by atoms with Crippen molar-refractivity contribution in [2.45, 2.75) is 51.9 Å². The van der Waals surface area contributed by atoms with Crippen molar-refractivity contribution in [3.8, 4) is 0 Å². The van der Waals surface area contributed by atoms with E-state index >= 15 is 0 Å². The number of rotatable bonds is 4. The standard InChI is InChI=1S/C18H26N4O/c1-10(2)8-20-22-18(23)15-9-19-17(21-15)16-13-4-11-3-12(6-13)7-14(16)5-11/h8-14,16H,3-7H2,1-2H3,(H,19,21)(H,22,23)/b20-8+. The molecule has 4 bridgehead atoms. The third-order valence-corrected chi connectivity index (χ3v) is 5.92.